The molecule has 0 aliphatic rings. The van der Waals surface area contributed by atoms with Crippen LogP contribution in [0.4, 0.5) is 4.39 Å². The predicted octanol–water partition coefficient (Wildman–Crippen LogP) is 5.38. The molecule has 0 radical (unpaired) electrons. The van der Waals surface area contributed by atoms with Crippen molar-refractivity contribution in [3.05, 3.63) is 101 Å². The Labute approximate surface area is 213 Å². The molecular weight excluding hydrogens is 455 g/mol. The molecule has 190 valence electrons. The van der Waals surface area contributed by atoms with Gasteiger partial charge >= 0.3 is 0 Å². The Morgan fingerprint density at radius 1 is 0.972 bits per heavy atom. The quantitative estimate of drug-likeness (QED) is 0.393. The second-order valence-corrected chi connectivity index (χ2v) is 9.25. The minimum atomic E-state index is -0.837. The van der Waals surface area contributed by atoms with Gasteiger partial charge in [0.15, 0.2) is 6.61 Å². The highest BCUT2D eigenvalue weighted by Gasteiger charge is 2.31. The molecule has 0 aliphatic heterocycles. The lowest BCUT2D eigenvalue weighted by molar-refractivity contribution is -0.143. The summed E-state index contributed by atoms with van der Waals surface area (Å²) in [6, 6.07) is 20.7. The van der Waals surface area contributed by atoms with Gasteiger partial charge in [0, 0.05) is 24.6 Å². The number of nitrogens with one attached hydrogen (secondary N) is 1. The molecule has 6 heteroatoms. The van der Waals surface area contributed by atoms with Crippen LogP contribution in [0.15, 0.2) is 72.8 Å². The van der Waals surface area contributed by atoms with Crippen molar-refractivity contribution in [3.63, 3.8) is 0 Å². The van der Waals surface area contributed by atoms with Crippen molar-refractivity contribution < 1.29 is 18.7 Å². The average molecular weight is 491 g/mol. The number of nitrogens with zero attached hydrogens (tertiary/aromatic N) is 1. The summed E-state index contributed by atoms with van der Waals surface area (Å²) in [6.07, 6.45) is 1.05. The van der Waals surface area contributed by atoms with Crippen LogP contribution in [-0.2, 0) is 22.6 Å². The van der Waals surface area contributed by atoms with E-state index in [4.69, 9.17) is 4.74 Å². The van der Waals surface area contributed by atoms with Gasteiger partial charge in [0.25, 0.3) is 5.91 Å². The van der Waals surface area contributed by atoms with Gasteiger partial charge < -0.3 is 15.0 Å². The van der Waals surface area contributed by atoms with Gasteiger partial charge in [-0.25, -0.2) is 4.39 Å². The first-order valence-electron chi connectivity index (χ1n) is 12.3. The van der Waals surface area contributed by atoms with Gasteiger partial charge in [0.1, 0.15) is 17.6 Å². The minimum absolute atomic E-state index is 0.0485. The number of benzene rings is 3. The van der Waals surface area contributed by atoms with Gasteiger partial charge in [-0.05, 0) is 62.1 Å². The molecule has 36 heavy (non-hydrogen) atoms. The fraction of sp³-hybridized carbons (Fsp3) is 0.333. The molecule has 0 heterocycles. The van der Waals surface area contributed by atoms with Crippen LogP contribution in [0, 0.1) is 19.7 Å². The lowest BCUT2D eigenvalue weighted by atomic mass is 10.0. The number of hydrogen-bond acceptors (Lipinski definition) is 3. The number of rotatable bonds is 11. The number of halogens is 1. The van der Waals surface area contributed by atoms with Crippen LogP contribution in [0.5, 0.6) is 5.75 Å². The number of amides is 2. The van der Waals surface area contributed by atoms with E-state index in [-0.39, 0.29) is 25.1 Å². The Kier molecular flexibility index (Phi) is 9.62. The molecule has 3 aromatic rings. The maximum atomic E-state index is 14.6. The second kappa shape index (κ2) is 12.9. The topological polar surface area (TPSA) is 58.6 Å². The Morgan fingerprint density at radius 3 is 2.25 bits per heavy atom. The van der Waals surface area contributed by atoms with Crippen LogP contribution in [0.3, 0.4) is 0 Å². The standard InChI is InChI=1S/C30H35FN2O3/c1-5-23(4)32-30(35)28(18-24-11-7-6-8-12-24)33(19-25-13-9-10-14-27(25)31)29(34)20-36-26-16-21(2)15-22(3)17-26/h6-17,23,28H,5,18-20H2,1-4H3,(H,32,35)/t23-,28-/m0/s1. The fourth-order valence-corrected chi connectivity index (χ4v) is 4.05. The molecule has 0 unspecified atom stereocenters. The summed E-state index contributed by atoms with van der Waals surface area (Å²) in [5.41, 5.74) is 3.29. The lowest BCUT2D eigenvalue weighted by Gasteiger charge is -2.32. The van der Waals surface area contributed by atoms with Gasteiger partial charge in [-0.3, -0.25) is 9.59 Å². The van der Waals surface area contributed by atoms with E-state index >= 15 is 0 Å². The predicted molar refractivity (Wildman–Crippen MR) is 140 cm³/mol. The first kappa shape index (κ1) is 26.9. The van der Waals surface area contributed by atoms with E-state index in [1.807, 2.05) is 76.2 Å². The first-order chi connectivity index (χ1) is 17.3. The summed E-state index contributed by atoms with van der Waals surface area (Å²) >= 11 is 0. The Balaban J connectivity index is 1.93. The number of carbonyl (C=O) groups excluding carboxylic acids is 2. The molecule has 2 amide bonds. The maximum absolute atomic E-state index is 14.6. The molecule has 5 nitrogen and oxygen atoms in total. The van der Waals surface area contributed by atoms with Crippen molar-refractivity contribution in [1.29, 1.82) is 0 Å². The minimum Gasteiger partial charge on any atom is -0.484 e. The number of ether oxygens (including phenoxy) is 1. The second-order valence-electron chi connectivity index (χ2n) is 9.25. The zero-order chi connectivity index (χ0) is 26.1. The Morgan fingerprint density at radius 2 is 1.61 bits per heavy atom. The van der Waals surface area contributed by atoms with Crippen LogP contribution in [0.25, 0.3) is 0 Å². The summed E-state index contributed by atoms with van der Waals surface area (Å²) in [7, 11) is 0. The molecule has 0 aliphatic carbocycles. The molecule has 0 bridgehead atoms. The van der Waals surface area contributed by atoms with Gasteiger partial charge in [0.2, 0.25) is 5.91 Å². The normalized spacial score (nSPS) is 12.5. The monoisotopic (exact) mass is 490 g/mol. The van der Waals surface area contributed by atoms with Crippen LogP contribution in [0.2, 0.25) is 0 Å². The molecule has 0 fully saturated rings. The smallest absolute Gasteiger partial charge is 0.261 e. The van der Waals surface area contributed by atoms with Gasteiger partial charge in [-0.1, -0.05) is 61.5 Å². The molecule has 0 aromatic heterocycles. The Hall–Kier alpha value is -3.67. The van der Waals surface area contributed by atoms with E-state index in [0.29, 0.717) is 17.7 Å². The van der Waals surface area contributed by atoms with E-state index in [0.717, 1.165) is 23.1 Å². The van der Waals surface area contributed by atoms with Crippen molar-refractivity contribution in [3.8, 4) is 5.75 Å². The molecule has 0 saturated heterocycles. The van der Waals surface area contributed by atoms with Crippen molar-refractivity contribution in [1.82, 2.24) is 10.2 Å². The lowest BCUT2D eigenvalue weighted by Crippen LogP contribution is -2.53. The van der Waals surface area contributed by atoms with Gasteiger partial charge in [0.05, 0.1) is 0 Å². The van der Waals surface area contributed by atoms with Crippen molar-refractivity contribution in [2.45, 2.75) is 59.2 Å². The molecule has 3 rings (SSSR count). The van der Waals surface area contributed by atoms with Crippen molar-refractivity contribution in [2.24, 2.45) is 0 Å². The number of carbonyl (C=O) groups is 2. The average Bonchev–Trinajstić information content (AvgIpc) is 2.85. The highest BCUT2D eigenvalue weighted by Crippen LogP contribution is 2.19. The molecule has 2 atom stereocenters. The largest absolute Gasteiger partial charge is 0.484 e. The summed E-state index contributed by atoms with van der Waals surface area (Å²) in [5, 5.41) is 3.01. The van der Waals surface area contributed by atoms with E-state index in [1.165, 1.54) is 11.0 Å². The molecule has 0 spiro atoms. The summed E-state index contributed by atoms with van der Waals surface area (Å²) < 4.78 is 20.5. The van der Waals surface area contributed by atoms with E-state index < -0.39 is 17.8 Å². The third-order valence-corrected chi connectivity index (χ3v) is 6.13. The third-order valence-electron chi connectivity index (χ3n) is 6.13. The number of aryl methyl sites for hydroxylation is 2. The van der Waals surface area contributed by atoms with Crippen LogP contribution < -0.4 is 10.1 Å². The number of hydrogen-bond donors (Lipinski definition) is 1. The van der Waals surface area contributed by atoms with Crippen LogP contribution in [-0.4, -0.2) is 35.4 Å². The summed E-state index contributed by atoms with van der Waals surface area (Å²) in [5.74, 6) is -0.511. The molecular formula is C30H35FN2O3. The van der Waals surface area contributed by atoms with Crippen LogP contribution in [0.1, 0.15) is 42.5 Å². The molecule has 3 aromatic carbocycles. The molecule has 0 saturated carbocycles. The third kappa shape index (κ3) is 7.67. The zero-order valence-electron chi connectivity index (χ0n) is 21.5. The van der Waals surface area contributed by atoms with E-state index in [2.05, 4.69) is 5.32 Å². The van der Waals surface area contributed by atoms with Crippen molar-refractivity contribution >= 4 is 11.8 Å². The van der Waals surface area contributed by atoms with E-state index in [1.54, 1.807) is 18.2 Å². The summed E-state index contributed by atoms with van der Waals surface area (Å²) in [4.78, 5) is 28.5. The maximum Gasteiger partial charge on any atom is 0.261 e. The van der Waals surface area contributed by atoms with Crippen molar-refractivity contribution in [2.75, 3.05) is 6.61 Å². The zero-order valence-corrected chi connectivity index (χ0v) is 21.5. The highest BCUT2D eigenvalue weighted by molar-refractivity contribution is 5.88. The highest BCUT2D eigenvalue weighted by atomic mass is 19.1. The van der Waals surface area contributed by atoms with Gasteiger partial charge in [-0.2, -0.15) is 0 Å². The summed E-state index contributed by atoms with van der Waals surface area (Å²) in [6.45, 7) is 7.51. The SMILES string of the molecule is CC[C@H](C)NC(=O)[C@H](Cc1ccccc1)N(Cc1ccccc1F)C(=O)COc1cc(C)cc(C)c1. The van der Waals surface area contributed by atoms with E-state index in [9.17, 15) is 14.0 Å². The first-order valence-corrected chi connectivity index (χ1v) is 12.3. The van der Waals surface area contributed by atoms with Crippen LogP contribution >= 0.6 is 0 Å². The Bertz CT molecular complexity index is 1150. The molecule has 1 N–H and O–H groups in total. The van der Waals surface area contributed by atoms with Gasteiger partial charge in [-0.15, -0.1) is 0 Å². The fourth-order valence-electron chi connectivity index (χ4n) is 4.05.